The maximum Gasteiger partial charge on any atom is 0.321 e. The SMILES string of the molecule is CCOc1ccc(S(=O)(=O)N(CCC(=O)OC)CC(=O)OC)cc1. The molecule has 0 heterocycles. The normalized spacial score (nSPS) is 11.2. The van der Waals surface area contributed by atoms with Crippen LogP contribution in [0.25, 0.3) is 0 Å². The number of rotatable bonds is 9. The molecule has 0 aromatic heterocycles. The van der Waals surface area contributed by atoms with E-state index in [2.05, 4.69) is 9.47 Å². The van der Waals surface area contributed by atoms with Crippen molar-refractivity contribution in [3.63, 3.8) is 0 Å². The van der Waals surface area contributed by atoms with Crippen molar-refractivity contribution >= 4 is 22.0 Å². The highest BCUT2D eigenvalue weighted by Crippen LogP contribution is 2.20. The van der Waals surface area contributed by atoms with Crippen LogP contribution in [-0.2, 0) is 29.1 Å². The fourth-order valence-corrected chi connectivity index (χ4v) is 3.22. The summed E-state index contributed by atoms with van der Waals surface area (Å²) in [5, 5.41) is 0. The number of hydrogen-bond acceptors (Lipinski definition) is 7. The Kier molecular flexibility index (Phi) is 7.66. The van der Waals surface area contributed by atoms with Gasteiger partial charge in [-0.3, -0.25) is 9.59 Å². The monoisotopic (exact) mass is 359 g/mol. The molecule has 0 radical (unpaired) electrons. The van der Waals surface area contributed by atoms with Crippen molar-refractivity contribution in [2.45, 2.75) is 18.2 Å². The van der Waals surface area contributed by atoms with Crippen LogP contribution in [0.1, 0.15) is 13.3 Å². The summed E-state index contributed by atoms with van der Waals surface area (Å²) in [6.45, 7) is 1.58. The fraction of sp³-hybridized carbons (Fsp3) is 0.467. The molecule has 0 aliphatic carbocycles. The van der Waals surface area contributed by atoms with E-state index in [-0.39, 0.29) is 17.9 Å². The second kappa shape index (κ2) is 9.24. The van der Waals surface area contributed by atoms with Crippen LogP contribution in [0.5, 0.6) is 5.75 Å². The molecule has 0 aliphatic rings. The highest BCUT2D eigenvalue weighted by molar-refractivity contribution is 7.89. The van der Waals surface area contributed by atoms with E-state index in [1.165, 1.54) is 31.4 Å². The molecule has 0 N–H and O–H groups in total. The van der Waals surface area contributed by atoms with Gasteiger partial charge in [0.05, 0.1) is 32.1 Å². The van der Waals surface area contributed by atoms with Gasteiger partial charge in [-0.05, 0) is 31.2 Å². The number of methoxy groups -OCH3 is 2. The first kappa shape index (κ1) is 19.9. The summed E-state index contributed by atoms with van der Waals surface area (Å²) < 4.78 is 40.5. The topological polar surface area (TPSA) is 99.2 Å². The van der Waals surface area contributed by atoms with Crippen molar-refractivity contribution in [1.82, 2.24) is 4.31 Å². The highest BCUT2D eigenvalue weighted by Gasteiger charge is 2.27. The van der Waals surface area contributed by atoms with Crippen molar-refractivity contribution in [2.24, 2.45) is 0 Å². The van der Waals surface area contributed by atoms with E-state index in [0.29, 0.717) is 12.4 Å². The van der Waals surface area contributed by atoms with Gasteiger partial charge in [0.25, 0.3) is 0 Å². The van der Waals surface area contributed by atoms with Gasteiger partial charge in [0.1, 0.15) is 12.3 Å². The fourth-order valence-electron chi connectivity index (χ4n) is 1.83. The van der Waals surface area contributed by atoms with E-state index in [9.17, 15) is 18.0 Å². The number of carbonyl (C=O) groups is 2. The third-order valence-corrected chi connectivity index (χ3v) is 4.96. The Hall–Kier alpha value is -2.13. The van der Waals surface area contributed by atoms with Crippen molar-refractivity contribution in [2.75, 3.05) is 33.9 Å². The Morgan fingerprint density at radius 3 is 2.12 bits per heavy atom. The highest BCUT2D eigenvalue weighted by atomic mass is 32.2. The summed E-state index contributed by atoms with van der Waals surface area (Å²) in [4.78, 5) is 22.8. The van der Waals surface area contributed by atoms with E-state index < -0.39 is 28.5 Å². The minimum Gasteiger partial charge on any atom is -0.494 e. The van der Waals surface area contributed by atoms with Gasteiger partial charge in [0.15, 0.2) is 0 Å². The van der Waals surface area contributed by atoms with Crippen molar-refractivity contribution in [3.05, 3.63) is 24.3 Å². The standard InChI is InChI=1S/C15H21NO7S/c1-4-23-12-5-7-13(8-6-12)24(19,20)16(11-15(18)22-3)10-9-14(17)21-2/h5-8H,4,9-11H2,1-3H3. The van der Waals surface area contributed by atoms with Crippen LogP contribution >= 0.6 is 0 Å². The molecule has 0 saturated heterocycles. The summed E-state index contributed by atoms with van der Waals surface area (Å²) in [5.41, 5.74) is 0. The largest absolute Gasteiger partial charge is 0.494 e. The summed E-state index contributed by atoms with van der Waals surface area (Å²) in [6, 6.07) is 5.80. The van der Waals surface area contributed by atoms with Crippen LogP contribution in [-0.4, -0.2) is 58.6 Å². The maximum absolute atomic E-state index is 12.7. The van der Waals surface area contributed by atoms with Crippen LogP contribution in [0.2, 0.25) is 0 Å². The van der Waals surface area contributed by atoms with Gasteiger partial charge in [0, 0.05) is 6.54 Å². The molecule has 0 spiro atoms. The second-order valence-electron chi connectivity index (χ2n) is 4.65. The van der Waals surface area contributed by atoms with Crippen molar-refractivity contribution in [1.29, 1.82) is 0 Å². The van der Waals surface area contributed by atoms with Gasteiger partial charge >= 0.3 is 11.9 Å². The molecule has 8 nitrogen and oxygen atoms in total. The van der Waals surface area contributed by atoms with Gasteiger partial charge < -0.3 is 14.2 Å². The van der Waals surface area contributed by atoms with Gasteiger partial charge in [-0.15, -0.1) is 0 Å². The van der Waals surface area contributed by atoms with Crippen molar-refractivity contribution < 1.29 is 32.2 Å². The number of nitrogens with zero attached hydrogens (tertiary/aromatic N) is 1. The maximum atomic E-state index is 12.7. The Morgan fingerprint density at radius 2 is 1.62 bits per heavy atom. The molecule has 0 fully saturated rings. The molecule has 0 saturated carbocycles. The zero-order chi connectivity index (χ0) is 18.2. The van der Waals surface area contributed by atoms with E-state index in [4.69, 9.17) is 4.74 Å². The number of ether oxygens (including phenoxy) is 3. The number of benzene rings is 1. The molecule has 0 aliphatic heterocycles. The van der Waals surface area contributed by atoms with E-state index in [0.717, 1.165) is 11.4 Å². The molecule has 9 heteroatoms. The van der Waals surface area contributed by atoms with E-state index >= 15 is 0 Å². The third kappa shape index (κ3) is 5.50. The Labute approximate surface area is 141 Å². The van der Waals surface area contributed by atoms with Crippen LogP contribution in [0.3, 0.4) is 0 Å². The predicted octanol–water partition coefficient (Wildman–Crippen LogP) is 0.812. The van der Waals surface area contributed by atoms with Gasteiger partial charge in [-0.1, -0.05) is 0 Å². The molecule has 1 aromatic rings. The molecule has 24 heavy (non-hydrogen) atoms. The summed E-state index contributed by atoms with van der Waals surface area (Å²) in [5.74, 6) is -0.772. The number of hydrogen-bond donors (Lipinski definition) is 0. The quantitative estimate of drug-likeness (QED) is 0.602. The molecule has 1 rings (SSSR count). The van der Waals surface area contributed by atoms with Gasteiger partial charge in [-0.2, -0.15) is 4.31 Å². The molecule has 0 bridgehead atoms. The number of carbonyl (C=O) groups excluding carboxylic acids is 2. The third-order valence-electron chi connectivity index (χ3n) is 3.10. The summed E-state index contributed by atoms with van der Waals surface area (Å²) in [7, 11) is -1.61. The second-order valence-corrected chi connectivity index (χ2v) is 6.58. The molecule has 1 aromatic carbocycles. The van der Waals surface area contributed by atoms with Crippen LogP contribution in [0.15, 0.2) is 29.2 Å². The Balaban J connectivity index is 3.03. The van der Waals surface area contributed by atoms with Gasteiger partial charge in [-0.25, -0.2) is 8.42 Å². The summed E-state index contributed by atoms with van der Waals surface area (Å²) >= 11 is 0. The molecule has 0 atom stereocenters. The smallest absolute Gasteiger partial charge is 0.321 e. The lowest BCUT2D eigenvalue weighted by Crippen LogP contribution is -2.37. The minimum atomic E-state index is -3.97. The van der Waals surface area contributed by atoms with Crippen LogP contribution in [0, 0.1) is 0 Å². The van der Waals surface area contributed by atoms with Crippen LogP contribution < -0.4 is 4.74 Å². The average Bonchev–Trinajstić information content (AvgIpc) is 2.58. The molecule has 134 valence electrons. The molecular formula is C15H21NO7S. The lowest BCUT2D eigenvalue weighted by Gasteiger charge is -2.20. The van der Waals surface area contributed by atoms with Crippen molar-refractivity contribution in [3.8, 4) is 5.75 Å². The van der Waals surface area contributed by atoms with E-state index in [1.807, 2.05) is 6.92 Å². The first-order valence-corrected chi connectivity index (χ1v) is 8.65. The first-order chi connectivity index (χ1) is 11.3. The average molecular weight is 359 g/mol. The molecular weight excluding hydrogens is 338 g/mol. The lowest BCUT2D eigenvalue weighted by molar-refractivity contribution is -0.143. The Morgan fingerprint density at radius 1 is 1.04 bits per heavy atom. The van der Waals surface area contributed by atoms with Gasteiger partial charge in [0.2, 0.25) is 10.0 Å². The lowest BCUT2D eigenvalue weighted by atomic mass is 10.3. The summed E-state index contributed by atoms with van der Waals surface area (Å²) in [6.07, 6.45) is -0.177. The Bertz CT molecular complexity index is 655. The number of esters is 2. The first-order valence-electron chi connectivity index (χ1n) is 7.21. The van der Waals surface area contributed by atoms with Crippen LogP contribution in [0.4, 0.5) is 0 Å². The van der Waals surface area contributed by atoms with E-state index in [1.54, 1.807) is 0 Å². The zero-order valence-corrected chi connectivity index (χ0v) is 14.7. The molecule has 0 unspecified atom stereocenters. The predicted molar refractivity (Wildman–Crippen MR) is 85.0 cm³/mol. The zero-order valence-electron chi connectivity index (χ0n) is 13.9. The number of sulfonamides is 1. The minimum absolute atomic E-state index is 0.0141. The molecule has 0 amide bonds.